The predicted octanol–water partition coefficient (Wildman–Crippen LogP) is 4.71. The number of allylic oxidation sites excluding steroid dienone is 2. The largest absolute Gasteiger partial charge is 0.481 e. The molecule has 3 aliphatic carbocycles. The molecule has 3 aliphatic rings. The number of hydrogen-bond donors (Lipinski definition) is 3. The average Bonchev–Trinajstić information content (AvgIpc) is 2.65. The maximum atomic E-state index is 10.9. The first kappa shape index (κ1) is 21.6. The molecule has 1 unspecified atom stereocenters. The molecule has 3 saturated carbocycles. The molecule has 0 bridgehead atoms. The number of aliphatic hydroxyl groups is 2. The highest BCUT2D eigenvalue weighted by atomic mass is 16.4. The molecule has 3 rings (SSSR count). The molecule has 4 nitrogen and oxygen atoms in total. The predicted molar refractivity (Wildman–Crippen MR) is 111 cm³/mol. The van der Waals surface area contributed by atoms with Gasteiger partial charge in [0.2, 0.25) is 0 Å². The lowest BCUT2D eigenvalue weighted by Gasteiger charge is -2.61. The van der Waals surface area contributed by atoms with Gasteiger partial charge in [-0.25, -0.2) is 0 Å². The lowest BCUT2D eigenvalue weighted by atomic mass is 9.43. The van der Waals surface area contributed by atoms with Crippen molar-refractivity contribution in [3.63, 3.8) is 0 Å². The van der Waals surface area contributed by atoms with Crippen molar-refractivity contribution in [3.8, 4) is 0 Å². The Morgan fingerprint density at radius 2 is 1.93 bits per heavy atom. The Hall–Kier alpha value is -1.13. The van der Waals surface area contributed by atoms with Crippen molar-refractivity contribution >= 4 is 5.97 Å². The Bertz CT molecular complexity index is 602. The van der Waals surface area contributed by atoms with E-state index in [1.807, 2.05) is 6.08 Å². The molecular formula is C24H38O4. The third-order valence-corrected chi connectivity index (χ3v) is 7.90. The molecule has 158 valence electrons. The number of aliphatic carboxylic acids is 1. The Morgan fingerprint density at radius 1 is 1.21 bits per heavy atom. The smallest absolute Gasteiger partial charge is 0.303 e. The van der Waals surface area contributed by atoms with Gasteiger partial charge in [0.1, 0.15) is 0 Å². The van der Waals surface area contributed by atoms with Gasteiger partial charge < -0.3 is 15.3 Å². The normalized spacial score (nSPS) is 36.5. The Morgan fingerprint density at radius 3 is 2.57 bits per heavy atom. The van der Waals surface area contributed by atoms with E-state index in [2.05, 4.69) is 26.0 Å². The van der Waals surface area contributed by atoms with Crippen LogP contribution in [0.4, 0.5) is 0 Å². The van der Waals surface area contributed by atoms with Gasteiger partial charge >= 0.3 is 5.97 Å². The van der Waals surface area contributed by atoms with Gasteiger partial charge in [-0.2, -0.15) is 0 Å². The summed E-state index contributed by atoms with van der Waals surface area (Å²) in [5.41, 5.74) is 1.48. The second kappa shape index (κ2) is 9.13. The van der Waals surface area contributed by atoms with E-state index in [4.69, 9.17) is 5.11 Å². The fraction of sp³-hybridized carbons (Fsp3) is 0.792. The molecular weight excluding hydrogens is 352 g/mol. The second-order valence-electron chi connectivity index (χ2n) is 9.62. The van der Waals surface area contributed by atoms with Crippen LogP contribution in [0.25, 0.3) is 0 Å². The lowest BCUT2D eigenvalue weighted by Crippen LogP contribution is -2.55. The molecule has 3 N–H and O–H groups in total. The number of carboxylic acid groups (broad SMARTS) is 1. The monoisotopic (exact) mass is 390 g/mol. The van der Waals surface area contributed by atoms with Crippen molar-refractivity contribution in [1.82, 2.24) is 0 Å². The highest BCUT2D eigenvalue weighted by molar-refractivity contribution is 5.66. The van der Waals surface area contributed by atoms with Gasteiger partial charge in [-0.1, -0.05) is 56.9 Å². The van der Waals surface area contributed by atoms with E-state index in [0.29, 0.717) is 24.2 Å². The quantitative estimate of drug-likeness (QED) is 0.550. The van der Waals surface area contributed by atoms with E-state index in [0.717, 1.165) is 32.1 Å². The summed E-state index contributed by atoms with van der Waals surface area (Å²) < 4.78 is 0. The van der Waals surface area contributed by atoms with Crippen LogP contribution in [-0.2, 0) is 4.79 Å². The first-order valence-electron chi connectivity index (χ1n) is 11.3. The van der Waals surface area contributed by atoms with Crippen LogP contribution < -0.4 is 0 Å². The Labute approximate surface area is 169 Å². The van der Waals surface area contributed by atoms with Crippen LogP contribution in [0.2, 0.25) is 0 Å². The minimum atomic E-state index is -0.747. The number of rotatable bonds is 7. The Kier molecular flexibility index (Phi) is 7.03. The minimum Gasteiger partial charge on any atom is -0.481 e. The van der Waals surface area contributed by atoms with E-state index in [1.165, 1.54) is 24.8 Å². The summed E-state index contributed by atoms with van der Waals surface area (Å²) >= 11 is 0. The highest BCUT2D eigenvalue weighted by Crippen LogP contribution is 2.65. The van der Waals surface area contributed by atoms with Gasteiger partial charge in [-0.15, -0.1) is 0 Å². The van der Waals surface area contributed by atoms with Crippen LogP contribution in [0.1, 0.15) is 78.1 Å². The van der Waals surface area contributed by atoms with Gasteiger partial charge in [0.25, 0.3) is 0 Å². The fourth-order valence-corrected chi connectivity index (χ4v) is 6.26. The summed E-state index contributed by atoms with van der Waals surface area (Å²) in [5.74, 6) is 0.568. The molecule has 0 aromatic rings. The zero-order valence-corrected chi connectivity index (χ0v) is 17.5. The number of carbonyl (C=O) groups is 1. The highest BCUT2D eigenvalue weighted by Gasteiger charge is 2.58. The molecule has 28 heavy (non-hydrogen) atoms. The molecule has 0 saturated heterocycles. The van der Waals surface area contributed by atoms with Crippen molar-refractivity contribution in [2.45, 2.75) is 90.3 Å². The van der Waals surface area contributed by atoms with Crippen LogP contribution in [-0.4, -0.2) is 33.5 Å². The molecule has 0 amide bonds. The SMILES string of the molecule is CC(C)[C@@]12CC[C@H](O)[C@@H](/C=C/C(O)C3CCCCC3)[C@@H]1CC2=CCCC(=O)O. The summed E-state index contributed by atoms with van der Waals surface area (Å²) in [4.78, 5) is 10.9. The summed E-state index contributed by atoms with van der Waals surface area (Å²) in [5, 5.41) is 30.3. The summed E-state index contributed by atoms with van der Waals surface area (Å²) in [6.45, 7) is 4.51. The standard InChI is InChI=1S/C24H38O4/c1-16(2)24-14-13-22(26)19(11-12-21(25)17-7-4-3-5-8-17)20(24)15-18(24)9-6-10-23(27)28/h9,11-12,16-17,19-22,25-26H,3-8,10,13-15H2,1-2H3,(H,27,28)/b12-11+,18-9?/t19-,20-,21?,22-,24+/m0/s1. The molecule has 0 heterocycles. The molecule has 4 heteroatoms. The van der Waals surface area contributed by atoms with E-state index in [-0.39, 0.29) is 23.9 Å². The lowest BCUT2D eigenvalue weighted by molar-refractivity contribution is -0.136. The molecule has 0 aromatic heterocycles. The third kappa shape index (κ3) is 4.23. The number of aliphatic hydroxyl groups excluding tert-OH is 2. The van der Waals surface area contributed by atoms with Crippen molar-refractivity contribution < 1.29 is 20.1 Å². The summed E-state index contributed by atoms with van der Waals surface area (Å²) in [6.07, 6.45) is 14.9. The molecule has 5 atom stereocenters. The van der Waals surface area contributed by atoms with Gasteiger partial charge in [0.05, 0.1) is 12.2 Å². The first-order valence-corrected chi connectivity index (χ1v) is 11.3. The fourth-order valence-electron chi connectivity index (χ4n) is 6.26. The van der Waals surface area contributed by atoms with E-state index in [1.54, 1.807) is 0 Å². The van der Waals surface area contributed by atoms with Gasteiger partial charge in [0, 0.05) is 12.3 Å². The van der Waals surface area contributed by atoms with Gasteiger partial charge in [-0.3, -0.25) is 4.79 Å². The molecule has 0 spiro atoms. The summed E-state index contributed by atoms with van der Waals surface area (Å²) in [6, 6.07) is 0. The van der Waals surface area contributed by atoms with E-state index < -0.39 is 12.1 Å². The molecule has 3 fully saturated rings. The van der Waals surface area contributed by atoms with Crippen LogP contribution in [0.3, 0.4) is 0 Å². The topological polar surface area (TPSA) is 77.8 Å². The van der Waals surface area contributed by atoms with Crippen molar-refractivity contribution in [1.29, 1.82) is 0 Å². The third-order valence-electron chi connectivity index (χ3n) is 7.90. The second-order valence-corrected chi connectivity index (χ2v) is 9.62. The van der Waals surface area contributed by atoms with Crippen LogP contribution >= 0.6 is 0 Å². The molecule has 0 aromatic carbocycles. The van der Waals surface area contributed by atoms with Crippen LogP contribution in [0, 0.1) is 29.1 Å². The number of hydrogen-bond acceptors (Lipinski definition) is 3. The van der Waals surface area contributed by atoms with Crippen molar-refractivity contribution in [2.75, 3.05) is 0 Å². The maximum absolute atomic E-state index is 10.9. The zero-order chi connectivity index (χ0) is 20.3. The summed E-state index contributed by atoms with van der Waals surface area (Å²) in [7, 11) is 0. The minimum absolute atomic E-state index is 0.0858. The maximum Gasteiger partial charge on any atom is 0.303 e. The average molecular weight is 391 g/mol. The van der Waals surface area contributed by atoms with E-state index >= 15 is 0 Å². The Balaban J connectivity index is 1.72. The van der Waals surface area contributed by atoms with Crippen molar-refractivity contribution in [2.24, 2.45) is 29.1 Å². The first-order chi connectivity index (χ1) is 13.4. The van der Waals surface area contributed by atoms with Gasteiger partial charge in [0.15, 0.2) is 0 Å². The zero-order valence-electron chi connectivity index (χ0n) is 17.5. The van der Waals surface area contributed by atoms with Crippen LogP contribution in [0.15, 0.2) is 23.8 Å². The molecule has 0 aliphatic heterocycles. The number of carboxylic acids is 1. The van der Waals surface area contributed by atoms with E-state index in [9.17, 15) is 15.0 Å². The van der Waals surface area contributed by atoms with Crippen molar-refractivity contribution in [3.05, 3.63) is 23.8 Å². The van der Waals surface area contributed by atoms with Crippen LogP contribution in [0.5, 0.6) is 0 Å². The number of fused-ring (bicyclic) bond motifs is 1. The molecule has 0 radical (unpaired) electrons. The van der Waals surface area contributed by atoms with Gasteiger partial charge in [-0.05, 0) is 61.7 Å².